The lowest BCUT2D eigenvalue weighted by Gasteiger charge is -2.13. The van der Waals surface area contributed by atoms with Gasteiger partial charge in [0.2, 0.25) is 0 Å². The van der Waals surface area contributed by atoms with Crippen molar-refractivity contribution in [3.63, 3.8) is 0 Å². The molecule has 0 aromatic rings. The summed E-state index contributed by atoms with van der Waals surface area (Å²) in [6.45, 7) is 1.14. The Morgan fingerprint density at radius 2 is 1.89 bits per heavy atom. The van der Waals surface area contributed by atoms with Crippen LogP contribution in [-0.2, 0) is 0 Å². The van der Waals surface area contributed by atoms with Crippen molar-refractivity contribution in [3.8, 4) is 0 Å². The normalized spacial score (nSPS) is 15.7. The van der Waals surface area contributed by atoms with Crippen molar-refractivity contribution in [2.24, 2.45) is 5.92 Å². The maximum absolute atomic E-state index is 11.6. The van der Waals surface area contributed by atoms with Gasteiger partial charge in [0.25, 0.3) is 0 Å². The van der Waals surface area contributed by atoms with Crippen molar-refractivity contribution in [1.82, 2.24) is 5.32 Å². The van der Waals surface area contributed by atoms with Crippen molar-refractivity contribution < 1.29 is 13.2 Å². The largest absolute Gasteiger partial charge is 0.392 e. The highest BCUT2D eigenvalue weighted by atomic mass is 19.4. The molecule has 0 amide bonds. The Labute approximate surface area is 52.2 Å². The molecule has 0 saturated heterocycles. The smallest absolute Gasteiger partial charge is 0.319 e. The van der Waals surface area contributed by atoms with E-state index in [-0.39, 0.29) is 6.54 Å². The van der Waals surface area contributed by atoms with Gasteiger partial charge in [0.1, 0.15) is 0 Å². The van der Waals surface area contributed by atoms with E-state index >= 15 is 0 Å². The first-order chi connectivity index (χ1) is 3.98. The summed E-state index contributed by atoms with van der Waals surface area (Å²) in [6, 6.07) is 0. The maximum Gasteiger partial charge on any atom is 0.392 e. The fraction of sp³-hybridized carbons (Fsp3) is 1.00. The van der Waals surface area contributed by atoms with Gasteiger partial charge in [-0.05, 0) is 7.05 Å². The van der Waals surface area contributed by atoms with Crippen LogP contribution in [0.1, 0.15) is 6.92 Å². The summed E-state index contributed by atoms with van der Waals surface area (Å²) in [6.07, 6.45) is -4.05. The van der Waals surface area contributed by atoms with Crippen LogP contribution in [0.4, 0.5) is 13.2 Å². The molecule has 0 aromatic heterocycles. The Morgan fingerprint density at radius 1 is 1.44 bits per heavy atom. The van der Waals surface area contributed by atoms with Gasteiger partial charge in [0, 0.05) is 6.54 Å². The highest BCUT2D eigenvalue weighted by Gasteiger charge is 2.34. The Kier molecular flexibility index (Phi) is 2.97. The van der Waals surface area contributed by atoms with Gasteiger partial charge in [0.05, 0.1) is 5.92 Å². The van der Waals surface area contributed by atoms with Crippen LogP contribution in [0.25, 0.3) is 0 Å². The van der Waals surface area contributed by atoms with Gasteiger partial charge in [-0.3, -0.25) is 0 Å². The van der Waals surface area contributed by atoms with E-state index in [4.69, 9.17) is 0 Å². The lowest BCUT2D eigenvalue weighted by molar-refractivity contribution is -0.167. The second kappa shape index (κ2) is 3.06. The molecule has 0 bridgehead atoms. The van der Waals surface area contributed by atoms with E-state index in [0.717, 1.165) is 6.92 Å². The summed E-state index contributed by atoms with van der Waals surface area (Å²) in [5.74, 6) is -1.25. The van der Waals surface area contributed by atoms with Crippen LogP contribution in [0.5, 0.6) is 0 Å². The van der Waals surface area contributed by atoms with Crippen LogP contribution in [0.15, 0.2) is 0 Å². The molecule has 1 nitrogen and oxygen atoms in total. The van der Waals surface area contributed by atoms with Crippen LogP contribution < -0.4 is 5.32 Å². The summed E-state index contributed by atoms with van der Waals surface area (Å²) in [5.41, 5.74) is 0. The highest BCUT2D eigenvalue weighted by Crippen LogP contribution is 2.24. The zero-order valence-corrected chi connectivity index (χ0v) is 5.42. The lowest BCUT2D eigenvalue weighted by Crippen LogP contribution is -2.29. The van der Waals surface area contributed by atoms with E-state index in [1.54, 1.807) is 0 Å². The van der Waals surface area contributed by atoms with Crippen molar-refractivity contribution in [2.75, 3.05) is 13.6 Å². The number of hydrogen-bond acceptors (Lipinski definition) is 1. The Morgan fingerprint density at radius 3 is 2.00 bits per heavy atom. The molecule has 1 N–H and O–H groups in total. The molecule has 1 atom stereocenters. The van der Waals surface area contributed by atoms with Crippen LogP contribution >= 0.6 is 0 Å². The first-order valence-corrected chi connectivity index (χ1v) is 2.69. The zero-order chi connectivity index (χ0) is 7.49. The minimum Gasteiger partial charge on any atom is -0.319 e. The van der Waals surface area contributed by atoms with Gasteiger partial charge in [-0.1, -0.05) is 6.92 Å². The van der Waals surface area contributed by atoms with Gasteiger partial charge < -0.3 is 5.32 Å². The van der Waals surface area contributed by atoms with Crippen LogP contribution in [0.3, 0.4) is 0 Å². The van der Waals surface area contributed by atoms with Crippen LogP contribution in [0.2, 0.25) is 0 Å². The summed E-state index contributed by atoms with van der Waals surface area (Å²) < 4.78 is 34.8. The fourth-order valence-corrected chi connectivity index (χ4v) is 0.422. The lowest BCUT2D eigenvalue weighted by atomic mass is 10.2. The molecule has 4 heteroatoms. The van der Waals surface area contributed by atoms with E-state index in [9.17, 15) is 13.2 Å². The molecule has 0 aliphatic rings. The van der Waals surface area contributed by atoms with E-state index in [0.29, 0.717) is 0 Å². The number of nitrogens with one attached hydrogen (secondary N) is 1. The standard InChI is InChI=1S/C5H10F3N/c1-4(3-9-2)5(6,7)8/h4,9H,3H2,1-2H3/t4-/m0/s1. The quantitative estimate of drug-likeness (QED) is 0.613. The molecule has 0 rings (SSSR count). The molecule has 9 heavy (non-hydrogen) atoms. The van der Waals surface area contributed by atoms with Gasteiger partial charge in [0.15, 0.2) is 0 Å². The molecule has 0 radical (unpaired) electrons. The average molecular weight is 141 g/mol. The molecule has 0 aliphatic carbocycles. The van der Waals surface area contributed by atoms with E-state index in [2.05, 4.69) is 5.32 Å². The monoisotopic (exact) mass is 141 g/mol. The minimum atomic E-state index is -4.05. The molecule has 0 spiro atoms. The second-order valence-corrected chi connectivity index (χ2v) is 2.00. The first-order valence-electron chi connectivity index (χ1n) is 2.69. The summed E-state index contributed by atoms with van der Waals surface area (Å²) >= 11 is 0. The Balaban J connectivity index is 3.59. The number of rotatable bonds is 2. The van der Waals surface area contributed by atoms with E-state index in [1.807, 2.05) is 0 Å². The highest BCUT2D eigenvalue weighted by molar-refractivity contribution is 4.62. The maximum atomic E-state index is 11.6. The van der Waals surface area contributed by atoms with Crippen LogP contribution in [0, 0.1) is 5.92 Å². The van der Waals surface area contributed by atoms with Crippen molar-refractivity contribution >= 4 is 0 Å². The minimum absolute atomic E-state index is 0.0104. The summed E-state index contributed by atoms with van der Waals surface area (Å²) in [5, 5.41) is 2.45. The molecule has 0 saturated carbocycles. The molecule has 0 aromatic carbocycles. The predicted molar refractivity (Wildman–Crippen MR) is 29.1 cm³/mol. The molecule has 0 heterocycles. The average Bonchev–Trinajstić information content (AvgIpc) is 1.64. The third-order valence-corrected chi connectivity index (χ3v) is 1.07. The van der Waals surface area contributed by atoms with E-state index < -0.39 is 12.1 Å². The number of hydrogen-bond donors (Lipinski definition) is 1. The number of halogens is 3. The Hall–Kier alpha value is -0.250. The summed E-state index contributed by atoms with van der Waals surface area (Å²) in [4.78, 5) is 0. The molecular weight excluding hydrogens is 131 g/mol. The molecule has 0 unspecified atom stereocenters. The first kappa shape index (κ1) is 8.75. The number of alkyl halides is 3. The third kappa shape index (κ3) is 3.35. The fourth-order valence-electron chi connectivity index (χ4n) is 0.422. The predicted octanol–water partition coefficient (Wildman–Crippen LogP) is 1.40. The van der Waals surface area contributed by atoms with Crippen LogP contribution in [-0.4, -0.2) is 19.8 Å². The Bertz CT molecular complexity index is 78.8. The van der Waals surface area contributed by atoms with Gasteiger partial charge in [-0.2, -0.15) is 13.2 Å². The molecule has 0 aliphatic heterocycles. The molecule has 0 fully saturated rings. The van der Waals surface area contributed by atoms with E-state index in [1.165, 1.54) is 7.05 Å². The second-order valence-electron chi connectivity index (χ2n) is 2.00. The third-order valence-electron chi connectivity index (χ3n) is 1.07. The van der Waals surface area contributed by atoms with Gasteiger partial charge >= 0.3 is 6.18 Å². The van der Waals surface area contributed by atoms with Crippen molar-refractivity contribution in [1.29, 1.82) is 0 Å². The topological polar surface area (TPSA) is 12.0 Å². The van der Waals surface area contributed by atoms with Gasteiger partial charge in [-0.15, -0.1) is 0 Å². The summed E-state index contributed by atoms with van der Waals surface area (Å²) in [7, 11) is 1.50. The molecule has 56 valence electrons. The van der Waals surface area contributed by atoms with Crippen molar-refractivity contribution in [3.05, 3.63) is 0 Å². The van der Waals surface area contributed by atoms with Crippen molar-refractivity contribution in [2.45, 2.75) is 13.1 Å². The molecular formula is C5H10F3N. The zero-order valence-electron chi connectivity index (χ0n) is 5.42. The van der Waals surface area contributed by atoms with Gasteiger partial charge in [-0.25, -0.2) is 0 Å². The SMILES string of the molecule is CNC[C@H](C)C(F)(F)F.